The highest BCUT2D eigenvalue weighted by atomic mass is 19.4. The van der Waals surface area contributed by atoms with Gasteiger partial charge in [-0.15, -0.1) is 13.2 Å². The molecule has 0 aromatic heterocycles. The van der Waals surface area contributed by atoms with E-state index in [2.05, 4.69) is 4.74 Å². The van der Waals surface area contributed by atoms with Crippen LogP contribution >= 0.6 is 0 Å². The second-order valence-corrected chi connectivity index (χ2v) is 5.82. The number of nitriles is 1. The van der Waals surface area contributed by atoms with E-state index in [1.54, 1.807) is 20.8 Å². The zero-order valence-corrected chi connectivity index (χ0v) is 12.9. The van der Waals surface area contributed by atoms with E-state index < -0.39 is 29.8 Å². The van der Waals surface area contributed by atoms with E-state index in [0.29, 0.717) is 5.56 Å². The average Bonchev–Trinajstić information content (AvgIpc) is 2.35. The normalized spacial score (nSPS) is 13.1. The first-order chi connectivity index (χ1) is 10.5. The molecule has 0 spiro atoms. The Morgan fingerprint density at radius 3 is 2.17 bits per heavy atom. The van der Waals surface area contributed by atoms with Crippen molar-refractivity contribution < 1.29 is 27.8 Å². The first kappa shape index (κ1) is 18.6. The Morgan fingerprint density at radius 1 is 1.30 bits per heavy atom. The number of benzene rings is 1. The summed E-state index contributed by atoms with van der Waals surface area (Å²) in [5.41, 5.74) is -0.368. The third kappa shape index (κ3) is 5.36. The monoisotopic (exact) mass is 330 g/mol. The number of carboxylic acid groups (broad SMARTS) is 1. The Balaban J connectivity index is 3.15. The summed E-state index contributed by atoms with van der Waals surface area (Å²) in [7, 11) is 0. The second kappa shape index (κ2) is 6.77. The zero-order valence-electron chi connectivity index (χ0n) is 12.9. The maximum atomic E-state index is 12.2. The molecule has 0 heterocycles. The van der Waals surface area contributed by atoms with Crippen molar-refractivity contribution in [2.24, 2.45) is 0 Å². The van der Waals surface area contributed by atoms with Crippen LogP contribution in [0.2, 0.25) is 0 Å². The van der Waals surface area contributed by atoms with Crippen LogP contribution in [0.25, 0.3) is 0 Å². The molecule has 1 aromatic carbocycles. The van der Waals surface area contributed by atoms with Crippen molar-refractivity contribution in [3.8, 4) is 11.8 Å². The molecule has 1 amide bonds. The molecule has 0 bridgehead atoms. The molecule has 0 fully saturated rings. The van der Waals surface area contributed by atoms with Crippen LogP contribution in [0.15, 0.2) is 24.3 Å². The molecule has 0 aliphatic carbocycles. The number of amides is 1. The minimum atomic E-state index is -4.80. The molecule has 1 aromatic rings. The van der Waals surface area contributed by atoms with Gasteiger partial charge in [0, 0.05) is 5.54 Å². The molecule has 0 aliphatic rings. The third-order valence-corrected chi connectivity index (χ3v) is 3.02. The largest absolute Gasteiger partial charge is 0.573 e. The van der Waals surface area contributed by atoms with Gasteiger partial charge in [0.2, 0.25) is 0 Å². The average molecular weight is 330 g/mol. The molecule has 0 saturated carbocycles. The van der Waals surface area contributed by atoms with Crippen molar-refractivity contribution in [3.05, 3.63) is 29.8 Å². The lowest BCUT2D eigenvalue weighted by molar-refractivity contribution is -0.274. The van der Waals surface area contributed by atoms with Gasteiger partial charge in [-0.25, -0.2) is 4.79 Å². The van der Waals surface area contributed by atoms with E-state index in [4.69, 9.17) is 5.26 Å². The Bertz CT molecular complexity index is 586. The number of hydrogen-bond donors (Lipinski definition) is 1. The number of rotatable bonds is 4. The Morgan fingerprint density at radius 2 is 1.83 bits per heavy atom. The van der Waals surface area contributed by atoms with Gasteiger partial charge in [0.1, 0.15) is 5.75 Å². The molecular formula is C15H17F3N2O3. The molecule has 1 rings (SSSR count). The van der Waals surface area contributed by atoms with Crippen LogP contribution in [-0.2, 0) is 0 Å². The van der Waals surface area contributed by atoms with Gasteiger partial charge in [-0.2, -0.15) is 5.26 Å². The van der Waals surface area contributed by atoms with Gasteiger partial charge in [0.05, 0.1) is 18.5 Å². The quantitative estimate of drug-likeness (QED) is 0.892. The molecule has 0 radical (unpaired) electrons. The SMILES string of the molecule is CC(C)(C)N(C(=O)O)C(CC#N)c1ccc(OC(F)(F)F)cc1. The van der Waals surface area contributed by atoms with Crippen molar-refractivity contribution >= 4 is 6.09 Å². The molecule has 0 aliphatic heterocycles. The Kier molecular flexibility index (Phi) is 5.48. The first-order valence-corrected chi connectivity index (χ1v) is 6.70. The molecule has 1 unspecified atom stereocenters. The lowest BCUT2D eigenvalue weighted by Crippen LogP contribution is -2.47. The topological polar surface area (TPSA) is 73.6 Å². The first-order valence-electron chi connectivity index (χ1n) is 6.70. The molecule has 8 heteroatoms. The number of alkyl halides is 3. The van der Waals surface area contributed by atoms with Gasteiger partial charge in [0.25, 0.3) is 0 Å². The number of nitrogens with zero attached hydrogens (tertiary/aromatic N) is 2. The molecule has 5 nitrogen and oxygen atoms in total. The van der Waals surface area contributed by atoms with E-state index in [1.165, 1.54) is 12.1 Å². The molecule has 1 atom stereocenters. The van der Waals surface area contributed by atoms with Gasteiger partial charge in [-0.05, 0) is 38.5 Å². The Labute approximate surface area is 131 Å². The second-order valence-electron chi connectivity index (χ2n) is 5.82. The number of carbonyl (C=O) groups is 1. The van der Waals surface area contributed by atoms with Crippen LogP contribution in [-0.4, -0.2) is 28.0 Å². The van der Waals surface area contributed by atoms with Gasteiger partial charge in [-0.3, -0.25) is 4.90 Å². The summed E-state index contributed by atoms with van der Waals surface area (Å²) in [6, 6.07) is 5.95. The summed E-state index contributed by atoms with van der Waals surface area (Å²) in [5.74, 6) is -0.408. The standard InChI is InChI=1S/C15H17F3N2O3/c1-14(2,3)20(13(21)22)12(8-9-19)10-4-6-11(7-5-10)23-15(16,17)18/h4-7,12H,8H2,1-3H3,(H,21,22). The van der Waals surface area contributed by atoms with E-state index >= 15 is 0 Å². The minimum Gasteiger partial charge on any atom is -0.465 e. The maximum absolute atomic E-state index is 12.2. The van der Waals surface area contributed by atoms with E-state index in [9.17, 15) is 23.1 Å². The fraction of sp³-hybridized carbons (Fsp3) is 0.467. The van der Waals surface area contributed by atoms with E-state index in [0.717, 1.165) is 17.0 Å². The van der Waals surface area contributed by atoms with Crippen molar-refractivity contribution in [3.63, 3.8) is 0 Å². The minimum absolute atomic E-state index is 0.122. The highest BCUT2D eigenvalue weighted by molar-refractivity contribution is 5.67. The lowest BCUT2D eigenvalue weighted by Gasteiger charge is -2.39. The van der Waals surface area contributed by atoms with Crippen molar-refractivity contribution in [1.29, 1.82) is 5.26 Å². The third-order valence-electron chi connectivity index (χ3n) is 3.02. The number of ether oxygens (including phenoxy) is 1. The maximum Gasteiger partial charge on any atom is 0.573 e. The molecule has 126 valence electrons. The van der Waals surface area contributed by atoms with Gasteiger partial charge >= 0.3 is 12.5 Å². The van der Waals surface area contributed by atoms with Gasteiger partial charge in [-0.1, -0.05) is 12.1 Å². The van der Waals surface area contributed by atoms with Crippen LogP contribution < -0.4 is 4.74 Å². The van der Waals surface area contributed by atoms with Crippen LogP contribution in [0.3, 0.4) is 0 Å². The Hall–Kier alpha value is -2.43. The summed E-state index contributed by atoms with van der Waals surface area (Å²) in [6.45, 7) is 5.02. The van der Waals surface area contributed by atoms with Crippen LogP contribution in [0, 0.1) is 11.3 Å². The molecule has 1 N–H and O–H groups in total. The fourth-order valence-corrected chi connectivity index (χ4v) is 2.22. The summed E-state index contributed by atoms with van der Waals surface area (Å²) in [6.07, 6.45) is -6.14. The van der Waals surface area contributed by atoms with Crippen molar-refractivity contribution in [2.45, 2.75) is 45.1 Å². The smallest absolute Gasteiger partial charge is 0.465 e. The van der Waals surface area contributed by atoms with Crippen LogP contribution in [0.1, 0.15) is 38.8 Å². The van der Waals surface area contributed by atoms with Gasteiger partial charge < -0.3 is 9.84 Å². The number of halogens is 3. The summed E-state index contributed by atoms with van der Waals surface area (Å²) >= 11 is 0. The lowest BCUT2D eigenvalue weighted by atomic mass is 9.96. The number of hydrogen-bond acceptors (Lipinski definition) is 3. The highest BCUT2D eigenvalue weighted by Gasteiger charge is 2.34. The summed E-state index contributed by atoms with van der Waals surface area (Å²) in [5, 5.41) is 18.4. The van der Waals surface area contributed by atoms with E-state index in [-0.39, 0.29) is 6.42 Å². The van der Waals surface area contributed by atoms with Crippen LogP contribution in [0.4, 0.5) is 18.0 Å². The van der Waals surface area contributed by atoms with Gasteiger partial charge in [0.15, 0.2) is 0 Å². The van der Waals surface area contributed by atoms with Crippen molar-refractivity contribution in [2.75, 3.05) is 0 Å². The zero-order chi connectivity index (χ0) is 17.8. The predicted molar refractivity (Wildman–Crippen MR) is 75.7 cm³/mol. The van der Waals surface area contributed by atoms with Crippen molar-refractivity contribution in [1.82, 2.24) is 4.90 Å². The van der Waals surface area contributed by atoms with E-state index in [1.807, 2.05) is 6.07 Å². The predicted octanol–water partition coefficient (Wildman–Crippen LogP) is 4.32. The summed E-state index contributed by atoms with van der Waals surface area (Å²) in [4.78, 5) is 12.6. The fourth-order valence-electron chi connectivity index (χ4n) is 2.22. The molecule has 23 heavy (non-hydrogen) atoms. The summed E-state index contributed by atoms with van der Waals surface area (Å²) < 4.78 is 40.3. The molecule has 0 saturated heterocycles. The van der Waals surface area contributed by atoms with Crippen LogP contribution in [0.5, 0.6) is 5.75 Å². The highest BCUT2D eigenvalue weighted by Crippen LogP contribution is 2.32. The molecular weight excluding hydrogens is 313 g/mol.